The molecule has 1 saturated heterocycles. The van der Waals surface area contributed by atoms with Gasteiger partial charge in [-0.05, 0) is 12.8 Å². The summed E-state index contributed by atoms with van der Waals surface area (Å²) in [4.78, 5) is 0. The molecular formula is C11H25Cl2NO. The summed E-state index contributed by atoms with van der Waals surface area (Å²) in [5.41, 5.74) is 0. The fraction of sp³-hybridized carbons (Fsp3) is 1.00. The lowest BCUT2D eigenvalue weighted by atomic mass is 10.3. The predicted octanol–water partition coefficient (Wildman–Crippen LogP) is 3.61. The summed E-state index contributed by atoms with van der Waals surface area (Å²) in [5, 5.41) is 3.50. The van der Waals surface area contributed by atoms with Crippen LogP contribution in [0.3, 0.4) is 0 Å². The van der Waals surface area contributed by atoms with Crippen molar-refractivity contribution in [2.45, 2.75) is 52.6 Å². The van der Waals surface area contributed by atoms with Gasteiger partial charge in [-0.1, -0.05) is 27.7 Å². The minimum atomic E-state index is 0.194. The molecule has 0 bridgehead atoms. The molecule has 2 nitrogen and oxygen atoms in total. The number of hydrogen-bond acceptors (Lipinski definition) is 2. The average molecular weight is 258 g/mol. The van der Waals surface area contributed by atoms with Crippen LogP contribution in [0, 0.1) is 0 Å². The minimum absolute atomic E-state index is 0.194. The van der Waals surface area contributed by atoms with E-state index in [-0.39, 0.29) is 5.34 Å². The lowest BCUT2D eigenvalue weighted by Gasteiger charge is -2.10. The van der Waals surface area contributed by atoms with Crippen LogP contribution >= 0.6 is 23.2 Å². The van der Waals surface area contributed by atoms with Crippen LogP contribution < -0.4 is 5.32 Å². The van der Waals surface area contributed by atoms with Crippen LogP contribution in [0.1, 0.15) is 40.5 Å². The van der Waals surface area contributed by atoms with Crippen LogP contribution in [0.25, 0.3) is 0 Å². The van der Waals surface area contributed by atoms with Crippen LogP contribution in [-0.4, -0.2) is 30.6 Å². The van der Waals surface area contributed by atoms with Gasteiger partial charge in [-0.15, -0.1) is 23.2 Å². The molecule has 15 heavy (non-hydrogen) atoms. The predicted molar refractivity (Wildman–Crippen MR) is 70.0 cm³/mol. The van der Waals surface area contributed by atoms with Crippen LogP contribution in [-0.2, 0) is 4.74 Å². The fourth-order valence-electron chi connectivity index (χ4n) is 1.18. The highest BCUT2D eigenvalue weighted by atomic mass is 35.5. The van der Waals surface area contributed by atoms with Crippen molar-refractivity contribution >= 4 is 23.2 Å². The fourth-order valence-corrected chi connectivity index (χ4v) is 1.18. The average Bonchev–Trinajstić information content (AvgIpc) is 2.58. The van der Waals surface area contributed by atoms with Gasteiger partial charge in [0.2, 0.25) is 0 Å². The lowest BCUT2D eigenvalue weighted by Crippen LogP contribution is -2.29. The molecular weight excluding hydrogens is 233 g/mol. The summed E-state index contributed by atoms with van der Waals surface area (Å²) in [7, 11) is 0. The third kappa shape index (κ3) is 25.1. The second kappa shape index (κ2) is 14.5. The first kappa shape index (κ1) is 17.9. The van der Waals surface area contributed by atoms with Gasteiger partial charge in [0, 0.05) is 25.3 Å². The van der Waals surface area contributed by atoms with Crippen LogP contribution in [0.2, 0.25) is 0 Å². The normalized spacial score (nSPS) is 14.4. The van der Waals surface area contributed by atoms with E-state index < -0.39 is 0 Å². The van der Waals surface area contributed by atoms with Crippen molar-refractivity contribution in [3.05, 3.63) is 0 Å². The molecule has 94 valence electrons. The zero-order chi connectivity index (χ0) is 12.1. The summed E-state index contributed by atoms with van der Waals surface area (Å²) in [5.74, 6) is 0. The van der Waals surface area contributed by atoms with Gasteiger partial charge >= 0.3 is 0 Å². The zero-order valence-corrected chi connectivity index (χ0v) is 11.9. The molecule has 1 aliphatic heterocycles. The quantitative estimate of drug-likeness (QED) is 0.764. The summed E-state index contributed by atoms with van der Waals surface area (Å²) < 4.78 is 4.94. The van der Waals surface area contributed by atoms with Gasteiger partial charge in [0.1, 0.15) is 0 Å². The maximum absolute atomic E-state index is 4.94. The van der Waals surface area contributed by atoms with E-state index in [0.717, 1.165) is 13.2 Å². The van der Waals surface area contributed by atoms with E-state index in [1.807, 2.05) is 0 Å². The Morgan fingerprint density at radius 2 is 1.33 bits per heavy atom. The van der Waals surface area contributed by atoms with Crippen LogP contribution in [0.4, 0.5) is 0 Å². The molecule has 0 spiro atoms. The van der Waals surface area contributed by atoms with Crippen molar-refractivity contribution in [1.29, 1.82) is 0 Å². The Morgan fingerprint density at radius 1 is 1.00 bits per heavy atom. The number of nitrogens with one attached hydrogen (secondary N) is 1. The first-order chi connectivity index (χ1) is 7.04. The second-order valence-corrected chi connectivity index (χ2v) is 4.70. The van der Waals surface area contributed by atoms with Crippen molar-refractivity contribution in [3.8, 4) is 0 Å². The van der Waals surface area contributed by atoms with Crippen molar-refractivity contribution in [2.75, 3.05) is 18.6 Å². The van der Waals surface area contributed by atoms with E-state index in [1.54, 1.807) is 0 Å². The van der Waals surface area contributed by atoms with E-state index >= 15 is 0 Å². The first-order valence-electron chi connectivity index (χ1n) is 5.50. The van der Waals surface area contributed by atoms with Crippen molar-refractivity contribution in [2.24, 2.45) is 0 Å². The Balaban J connectivity index is 0. The molecule has 4 heteroatoms. The largest absolute Gasteiger partial charge is 0.381 e. The molecule has 0 amide bonds. The standard InChI is InChI=1S/C6H15N.C4H8O.CH2Cl2/c1-5(2)7-6(3)4;1-2-4-5-3-1;2-1-3/h5-7H,1-4H3;1-4H2;1H2. The van der Waals surface area contributed by atoms with Gasteiger partial charge < -0.3 is 10.1 Å². The molecule has 0 radical (unpaired) electrons. The highest BCUT2D eigenvalue weighted by molar-refractivity contribution is 6.40. The number of rotatable bonds is 2. The molecule has 1 aliphatic rings. The molecule has 0 aliphatic carbocycles. The van der Waals surface area contributed by atoms with Crippen LogP contribution in [0.5, 0.6) is 0 Å². The molecule has 0 aromatic heterocycles. The number of ether oxygens (including phenoxy) is 1. The Hall–Kier alpha value is 0.500. The molecule has 1 fully saturated rings. The van der Waals surface area contributed by atoms with Crippen molar-refractivity contribution in [1.82, 2.24) is 5.32 Å². The zero-order valence-electron chi connectivity index (χ0n) is 10.4. The number of halogens is 2. The highest BCUT2D eigenvalue weighted by Crippen LogP contribution is 1.98. The summed E-state index contributed by atoms with van der Waals surface area (Å²) >= 11 is 9.53. The van der Waals surface area contributed by atoms with E-state index in [9.17, 15) is 0 Å². The molecule has 1 heterocycles. The second-order valence-electron chi connectivity index (χ2n) is 3.90. The van der Waals surface area contributed by atoms with Gasteiger partial charge in [-0.25, -0.2) is 0 Å². The first-order valence-corrected chi connectivity index (χ1v) is 6.57. The SMILES string of the molecule is C1CCOC1.CC(C)NC(C)C.ClCCl. The smallest absolute Gasteiger partial charge is 0.0967 e. The van der Waals surface area contributed by atoms with Gasteiger partial charge in [-0.2, -0.15) is 0 Å². The lowest BCUT2D eigenvalue weighted by molar-refractivity contribution is 0.198. The Labute approximate surface area is 105 Å². The monoisotopic (exact) mass is 257 g/mol. The summed E-state index contributed by atoms with van der Waals surface area (Å²) in [6.07, 6.45) is 2.56. The Morgan fingerprint density at radius 3 is 1.40 bits per heavy atom. The Kier molecular flexibility index (Phi) is 17.3. The van der Waals surface area contributed by atoms with Gasteiger partial charge in [0.25, 0.3) is 0 Å². The third-order valence-corrected chi connectivity index (χ3v) is 1.49. The maximum Gasteiger partial charge on any atom is 0.0967 e. The molecule has 1 rings (SSSR count). The molecule has 1 N–H and O–H groups in total. The van der Waals surface area contributed by atoms with E-state index in [0.29, 0.717) is 12.1 Å². The van der Waals surface area contributed by atoms with E-state index in [2.05, 4.69) is 33.0 Å². The maximum atomic E-state index is 4.94. The topological polar surface area (TPSA) is 21.3 Å². The number of hydrogen-bond donors (Lipinski definition) is 1. The number of alkyl halides is 2. The van der Waals surface area contributed by atoms with Gasteiger partial charge in [0.15, 0.2) is 0 Å². The van der Waals surface area contributed by atoms with Crippen LogP contribution in [0.15, 0.2) is 0 Å². The van der Waals surface area contributed by atoms with Crippen molar-refractivity contribution in [3.63, 3.8) is 0 Å². The van der Waals surface area contributed by atoms with E-state index in [1.165, 1.54) is 12.8 Å². The molecule has 0 saturated carbocycles. The van der Waals surface area contributed by atoms with E-state index in [4.69, 9.17) is 27.9 Å². The molecule has 0 atom stereocenters. The third-order valence-electron chi connectivity index (χ3n) is 1.49. The van der Waals surface area contributed by atoms with Crippen molar-refractivity contribution < 1.29 is 4.74 Å². The van der Waals surface area contributed by atoms with Gasteiger partial charge in [-0.3, -0.25) is 0 Å². The summed E-state index contributed by atoms with van der Waals surface area (Å²) in [6.45, 7) is 10.6. The highest BCUT2D eigenvalue weighted by Gasteiger charge is 1.94. The summed E-state index contributed by atoms with van der Waals surface area (Å²) in [6, 6.07) is 1.25. The Bertz CT molecular complexity index is 93.2. The molecule has 0 aromatic carbocycles. The van der Waals surface area contributed by atoms with Gasteiger partial charge in [0.05, 0.1) is 5.34 Å². The molecule has 0 aromatic rings. The molecule has 0 unspecified atom stereocenters. The minimum Gasteiger partial charge on any atom is -0.381 e.